The molecule has 1 aromatic rings. The second-order valence-corrected chi connectivity index (χ2v) is 6.73. The maximum absolute atomic E-state index is 11.6. The zero-order valence-corrected chi connectivity index (χ0v) is 17.0. The van der Waals surface area contributed by atoms with Gasteiger partial charge in [0.2, 0.25) is 6.79 Å². The molecule has 0 bridgehead atoms. The lowest BCUT2D eigenvalue weighted by molar-refractivity contribution is -0.0612. The number of likely N-dealkylation sites (tertiary alicyclic amines) is 1. The zero-order chi connectivity index (χ0) is 19.8. The van der Waals surface area contributed by atoms with Crippen LogP contribution in [0, 0.1) is 0 Å². The standard InChI is InChI=1S/C17H23BrN2O7/c1-20-8-12(9-20)27-17(22)26-10-25-16(21)19-5-4-11-6-15(24-3)13(18)7-14(11)23-2/h6-7,12H,4-5,8-10H2,1-3H3,(H,19,21). The van der Waals surface area contributed by atoms with Crippen molar-refractivity contribution in [2.75, 3.05) is 47.7 Å². The fraction of sp³-hybridized carbons (Fsp3) is 0.529. The molecule has 1 saturated heterocycles. The Morgan fingerprint density at radius 3 is 2.52 bits per heavy atom. The number of benzene rings is 1. The second kappa shape index (κ2) is 10.2. The normalized spacial score (nSPS) is 14.1. The van der Waals surface area contributed by atoms with Crippen molar-refractivity contribution in [1.29, 1.82) is 0 Å². The molecule has 9 nitrogen and oxygen atoms in total. The molecule has 0 aromatic heterocycles. The van der Waals surface area contributed by atoms with E-state index in [9.17, 15) is 9.59 Å². The predicted molar refractivity (Wildman–Crippen MR) is 99.2 cm³/mol. The average molecular weight is 447 g/mol. The lowest BCUT2D eigenvalue weighted by Gasteiger charge is -2.34. The molecule has 0 radical (unpaired) electrons. The van der Waals surface area contributed by atoms with Crippen LogP contribution in [0.2, 0.25) is 0 Å². The fourth-order valence-electron chi connectivity index (χ4n) is 2.49. The minimum absolute atomic E-state index is 0.172. The Bertz CT molecular complexity index is 665. The SMILES string of the molecule is COc1cc(CCNC(=O)OCOC(=O)OC2CN(C)C2)c(OC)cc1Br. The van der Waals surface area contributed by atoms with Crippen LogP contribution in [0.1, 0.15) is 5.56 Å². The molecule has 2 rings (SSSR count). The van der Waals surface area contributed by atoms with E-state index in [2.05, 4.69) is 21.2 Å². The molecule has 27 heavy (non-hydrogen) atoms. The van der Waals surface area contributed by atoms with Crippen molar-refractivity contribution in [3.63, 3.8) is 0 Å². The summed E-state index contributed by atoms with van der Waals surface area (Å²) < 4.78 is 25.8. The van der Waals surface area contributed by atoms with E-state index >= 15 is 0 Å². The minimum Gasteiger partial charge on any atom is -0.496 e. The monoisotopic (exact) mass is 446 g/mol. The Hall–Kier alpha value is -2.20. The first-order valence-electron chi connectivity index (χ1n) is 8.26. The number of nitrogens with zero attached hydrogens (tertiary/aromatic N) is 1. The first kappa shape index (κ1) is 21.1. The van der Waals surface area contributed by atoms with Gasteiger partial charge in [0.05, 0.1) is 18.7 Å². The zero-order valence-electron chi connectivity index (χ0n) is 15.5. The molecule has 1 aliphatic heterocycles. The summed E-state index contributed by atoms with van der Waals surface area (Å²) in [5, 5.41) is 2.57. The topological polar surface area (TPSA) is 95.6 Å². The van der Waals surface area contributed by atoms with Gasteiger partial charge in [0.25, 0.3) is 0 Å². The number of hydrogen-bond donors (Lipinski definition) is 1. The van der Waals surface area contributed by atoms with Gasteiger partial charge >= 0.3 is 12.2 Å². The van der Waals surface area contributed by atoms with Crippen molar-refractivity contribution in [3.05, 3.63) is 22.2 Å². The van der Waals surface area contributed by atoms with Gasteiger partial charge in [-0.05, 0) is 47.1 Å². The van der Waals surface area contributed by atoms with Crippen molar-refractivity contribution < 1.29 is 33.3 Å². The molecular formula is C17H23BrN2O7. The van der Waals surface area contributed by atoms with Gasteiger partial charge in [-0.25, -0.2) is 9.59 Å². The molecule has 1 aromatic carbocycles. The van der Waals surface area contributed by atoms with Crippen LogP contribution in [0.3, 0.4) is 0 Å². The predicted octanol–water partition coefficient (Wildman–Crippen LogP) is 2.16. The van der Waals surface area contributed by atoms with Crippen LogP contribution in [-0.2, 0) is 20.6 Å². The van der Waals surface area contributed by atoms with E-state index in [-0.39, 0.29) is 6.10 Å². The summed E-state index contributed by atoms with van der Waals surface area (Å²) >= 11 is 3.39. The number of carbonyl (C=O) groups is 2. The number of hydrogen-bond acceptors (Lipinski definition) is 8. The van der Waals surface area contributed by atoms with Crippen LogP contribution >= 0.6 is 15.9 Å². The smallest absolute Gasteiger partial charge is 0.496 e. The molecule has 0 unspecified atom stereocenters. The lowest BCUT2D eigenvalue weighted by atomic mass is 10.1. The van der Waals surface area contributed by atoms with Crippen molar-refractivity contribution in [3.8, 4) is 11.5 Å². The van der Waals surface area contributed by atoms with Crippen molar-refractivity contribution in [2.24, 2.45) is 0 Å². The summed E-state index contributed by atoms with van der Waals surface area (Å²) in [4.78, 5) is 25.0. The van der Waals surface area contributed by atoms with Crippen molar-refractivity contribution in [2.45, 2.75) is 12.5 Å². The number of methoxy groups -OCH3 is 2. The molecule has 1 amide bonds. The molecule has 1 N–H and O–H groups in total. The summed E-state index contributed by atoms with van der Waals surface area (Å²) in [6.45, 7) is 1.13. The Balaban J connectivity index is 1.66. The van der Waals surface area contributed by atoms with Gasteiger partial charge in [0.1, 0.15) is 17.6 Å². The number of alkyl carbamates (subject to hydrolysis) is 1. The first-order chi connectivity index (χ1) is 12.9. The molecule has 150 valence electrons. The summed E-state index contributed by atoms with van der Waals surface area (Å²) in [7, 11) is 5.05. The summed E-state index contributed by atoms with van der Waals surface area (Å²) in [5.41, 5.74) is 0.864. The third-order valence-corrected chi connectivity index (χ3v) is 4.50. The van der Waals surface area contributed by atoms with Crippen LogP contribution in [0.5, 0.6) is 11.5 Å². The highest BCUT2D eigenvalue weighted by molar-refractivity contribution is 9.10. The van der Waals surface area contributed by atoms with Crippen LogP contribution in [0.4, 0.5) is 9.59 Å². The molecule has 10 heteroatoms. The minimum atomic E-state index is -0.854. The van der Waals surface area contributed by atoms with E-state index in [4.69, 9.17) is 23.7 Å². The molecule has 0 spiro atoms. The summed E-state index contributed by atoms with van der Waals surface area (Å²) in [6, 6.07) is 3.62. The quantitative estimate of drug-likeness (QED) is 0.479. The lowest BCUT2D eigenvalue weighted by Crippen LogP contribution is -2.50. The van der Waals surface area contributed by atoms with E-state index < -0.39 is 19.0 Å². The highest BCUT2D eigenvalue weighted by Gasteiger charge is 2.27. The van der Waals surface area contributed by atoms with Gasteiger partial charge in [-0.15, -0.1) is 0 Å². The third kappa shape index (κ3) is 6.47. The van der Waals surface area contributed by atoms with Gasteiger partial charge < -0.3 is 29.0 Å². The second-order valence-electron chi connectivity index (χ2n) is 5.88. The van der Waals surface area contributed by atoms with E-state index in [0.29, 0.717) is 37.6 Å². The number of amides is 1. The van der Waals surface area contributed by atoms with E-state index in [0.717, 1.165) is 10.0 Å². The van der Waals surface area contributed by atoms with Crippen molar-refractivity contribution in [1.82, 2.24) is 10.2 Å². The maximum Gasteiger partial charge on any atom is 0.511 e. The first-order valence-corrected chi connectivity index (χ1v) is 9.05. The molecule has 1 fully saturated rings. The molecular weight excluding hydrogens is 424 g/mol. The van der Waals surface area contributed by atoms with Crippen LogP contribution in [0.25, 0.3) is 0 Å². The molecule has 1 heterocycles. The molecule has 1 aliphatic rings. The number of ether oxygens (including phenoxy) is 5. The number of nitrogens with one attached hydrogen (secondary N) is 1. The number of carbonyl (C=O) groups excluding carboxylic acids is 2. The fourth-order valence-corrected chi connectivity index (χ4v) is 2.97. The number of rotatable bonds is 8. The molecule has 0 atom stereocenters. The Morgan fingerprint density at radius 1 is 1.19 bits per heavy atom. The van der Waals surface area contributed by atoms with Crippen LogP contribution in [-0.4, -0.2) is 70.9 Å². The van der Waals surface area contributed by atoms with E-state index in [1.165, 1.54) is 0 Å². The van der Waals surface area contributed by atoms with Crippen molar-refractivity contribution >= 4 is 28.2 Å². The summed E-state index contributed by atoms with van der Waals surface area (Å²) in [6.07, 6.45) is -1.23. The van der Waals surface area contributed by atoms with Gasteiger partial charge in [-0.2, -0.15) is 0 Å². The van der Waals surface area contributed by atoms with Gasteiger partial charge in [0.15, 0.2) is 0 Å². The average Bonchev–Trinajstić information content (AvgIpc) is 2.61. The third-order valence-electron chi connectivity index (χ3n) is 3.88. The van der Waals surface area contributed by atoms with Crippen LogP contribution in [0.15, 0.2) is 16.6 Å². The number of halogens is 1. The van der Waals surface area contributed by atoms with Crippen LogP contribution < -0.4 is 14.8 Å². The Morgan fingerprint density at radius 2 is 1.89 bits per heavy atom. The maximum atomic E-state index is 11.6. The van der Waals surface area contributed by atoms with Gasteiger partial charge in [-0.1, -0.05) is 0 Å². The largest absolute Gasteiger partial charge is 0.511 e. The Labute approximate surface area is 166 Å². The Kier molecular flexibility index (Phi) is 7.99. The van der Waals surface area contributed by atoms with Gasteiger partial charge in [0, 0.05) is 19.6 Å². The molecule has 0 saturated carbocycles. The highest BCUT2D eigenvalue weighted by atomic mass is 79.9. The van der Waals surface area contributed by atoms with E-state index in [1.807, 2.05) is 18.0 Å². The van der Waals surface area contributed by atoms with Gasteiger partial charge in [-0.3, -0.25) is 4.90 Å². The summed E-state index contributed by atoms with van der Waals surface area (Å²) in [5.74, 6) is 1.34. The molecule has 0 aliphatic carbocycles. The highest BCUT2D eigenvalue weighted by Crippen LogP contribution is 2.32. The number of likely N-dealkylation sites (N-methyl/N-ethyl adjacent to an activating group) is 1. The van der Waals surface area contributed by atoms with E-state index in [1.54, 1.807) is 20.3 Å².